The zero-order valence-electron chi connectivity index (χ0n) is 9.82. The van der Waals surface area contributed by atoms with E-state index in [1.54, 1.807) is 12.3 Å². The summed E-state index contributed by atoms with van der Waals surface area (Å²) >= 11 is 0. The number of hydrogen-bond acceptors (Lipinski definition) is 3. The number of amides is 1. The lowest BCUT2D eigenvalue weighted by Crippen LogP contribution is -2.29. The number of pyridine rings is 1. The van der Waals surface area contributed by atoms with E-state index in [1.807, 2.05) is 13.0 Å². The number of carbonyl (C=O) groups excluding carboxylic acids is 1. The second kappa shape index (κ2) is 6.82. The summed E-state index contributed by atoms with van der Waals surface area (Å²) in [6.45, 7) is 4.77. The van der Waals surface area contributed by atoms with Crippen LogP contribution in [-0.4, -0.2) is 24.0 Å². The third-order valence-electron chi connectivity index (χ3n) is 2.09. The predicted octanol–water partition coefficient (Wildman–Crippen LogP) is 1.69. The highest BCUT2D eigenvalue weighted by Gasteiger charge is 2.01. The molecule has 1 N–H and O–H groups in total. The molecule has 1 amide bonds. The summed E-state index contributed by atoms with van der Waals surface area (Å²) in [4.78, 5) is 15.3. The molecule has 1 rings (SSSR count). The summed E-state index contributed by atoms with van der Waals surface area (Å²) in [5.41, 5.74) is 1.07. The number of carbonyl (C=O) groups is 1. The fraction of sp³-hybridized carbons (Fsp3) is 0.500. The third-order valence-corrected chi connectivity index (χ3v) is 2.09. The summed E-state index contributed by atoms with van der Waals surface area (Å²) in [6, 6.07) is 3.66. The Kier molecular flexibility index (Phi) is 5.32. The molecule has 0 bridgehead atoms. The standard InChI is InChI=1S/C12H18N2O2/c1-3-4-7-13-11(15)9-16-12-6-5-10(2)8-14-12/h5-6,8H,3-4,7,9H2,1-2H3,(H,13,15). The lowest BCUT2D eigenvalue weighted by atomic mass is 10.3. The number of ether oxygens (including phenoxy) is 1. The van der Waals surface area contributed by atoms with E-state index >= 15 is 0 Å². The molecular weight excluding hydrogens is 204 g/mol. The number of aryl methyl sites for hydroxylation is 1. The maximum atomic E-state index is 11.3. The highest BCUT2D eigenvalue weighted by molar-refractivity contribution is 5.77. The van der Waals surface area contributed by atoms with E-state index in [2.05, 4.69) is 17.2 Å². The summed E-state index contributed by atoms with van der Waals surface area (Å²) in [5, 5.41) is 2.77. The van der Waals surface area contributed by atoms with Gasteiger partial charge in [0.15, 0.2) is 6.61 Å². The van der Waals surface area contributed by atoms with Gasteiger partial charge >= 0.3 is 0 Å². The topological polar surface area (TPSA) is 51.2 Å². The lowest BCUT2D eigenvalue weighted by Gasteiger charge is -2.06. The van der Waals surface area contributed by atoms with Crippen molar-refractivity contribution in [1.29, 1.82) is 0 Å². The average Bonchev–Trinajstić information content (AvgIpc) is 2.29. The van der Waals surface area contributed by atoms with Gasteiger partial charge in [0.05, 0.1) is 0 Å². The van der Waals surface area contributed by atoms with Gasteiger partial charge < -0.3 is 10.1 Å². The summed E-state index contributed by atoms with van der Waals surface area (Å²) in [5.74, 6) is 0.382. The van der Waals surface area contributed by atoms with Crippen molar-refractivity contribution in [3.8, 4) is 5.88 Å². The van der Waals surface area contributed by atoms with Crippen LogP contribution >= 0.6 is 0 Å². The molecular formula is C12H18N2O2. The Bertz CT molecular complexity index is 322. The Hall–Kier alpha value is -1.58. The quantitative estimate of drug-likeness (QED) is 0.745. The van der Waals surface area contributed by atoms with E-state index < -0.39 is 0 Å². The molecule has 0 aliphatic rings. The maximum Gasteiger partial charge on any atom is 0.258 e. The molecule has 0 radical (unpaired) electrons. The number of nitrogens with zero attached hydrogens (tertiary/aromatic N) is 1. The maximum absolute atomic E-state index is 11.3. The van der Waals surface area contributed by atoms with Crippen LogP contribution in [0.15, 0.2) is 18.3 Å². The van der Waals surface area contributed by atoms with Crippen LogP contribution < -0.4 is 10.1 Å². The largest absolute Gasteiger partial charge is 0.468 e. The molecule has 16 heavy (non-hydrogen) atoms. The van der Waals surface area contributed by atoms with Gasteiger partial charge in [0, 0.05) is 18.8 Å². The van der Waals surface area contributed by atoms with E-state index in [1.165, 1.54) is 0 Å². The Morgan fingerprint density at radius 1 is 1.50 bits per heavy atom. The van der Waals surface area contributed by atoms with Gasteiger partial charge in [-0.3, -0.25) is 4.79 Å². The van der Waals surface area contributed by atoms with E-state index in [-0.39, 0.29) is 12.5 Å². The Morgan fingerprint density at radius 2 is 2.31 bits per heavy atom. The Balaban J connectivity index is 2.23. The minimum absolute atomic E-state index is 0.0276. The van der Waals surface area contributed by atoms with Crippen molar-refractivity contribution < 1.29 is 9.53 Å². The molecule has 1 heterocycles. The van der Waals surface area contributed by atoms with Crippen molar-refractivity contribution >= 4 is 5.91 Å². The molecule has 0 aliphatic heterocycles. The van der Waals surface area contributed by atoms with E-state index in [0.29, 0.717) is 12.4 Å². The monoisotopic (exact) mass is 222 g/mol. The molecule has 0 saturated heterocycles. The van der Waals surface area contributed by atoms with Gasteiger partial charge in [-0.15, -0.1) is 0 Å². The summed E-state index contributed by atoms with van der Waals surface area (Å²) in [7, 11) is 0. The average molecular weight is 222 g/mol. The first-order valence-electron chi connectivity index (χ1n) is 5.54. The molecule has 0 aromatic carbocycles. The summed E-state index contributed by atoms with van der Waals surface area (Å²) < 4.78 is 5.23. The van der Waals surface area contributed by atoms with Crippen LogP contribution in [0.3, 0.4) is 0 Å². The lowest BCUT2D eigenvalue weighted by molar-refractivity contribution is -0.123. The molecule has 4 heteroatoms. The number of hydrogen-bond donors (Lipinski definition) is 1. The second-order valence-corrected chi connectivity index (χ2v) is 3.67. The SMILES string of the molecule is CCCCNC(=O)COc1ccc(C)cn1. The zero-order chi connectivity index (χ0) is 11.8. The molecule has 0 saturated carbocycles. The van der Waals surface area contributed by atoms with Crippen molar-refractivity contribution in [3.63, 3.8) is 0 Å². The van der Waals surface area contributed by atoms with Gasteiger partial charge in [0.1, 0.15) is 0 Å². The molecule has 1 aromatic rings. The number of nitrogens with one attached hydrogen (secondary N) is 1. The molecule has 1 aromatic heterocycles. The molecule has 0 fully saturated rings. The highest BCUT2D eigenvalue weighted by atomic mass is 16.5. The van der Waals surface area contributed by atoms with E-state index in [9.17, 15) is 4.79 Å². The van der Waals surface area contributed by atoms with Gasteiger partial charge in [-0.05, 0) is 18.9 Å². The normalized spacial score (nSPS) is 9.88. The molecule has 88 valence electrons. The fourth-order valence-corrected chi connectivity index (χ4v) is 1.13. The minimum Gasteiger partial charge on any atom is -0.468 e. The first kappa shape index (κ1) is 12.5. The predicted molar refractivity (Wildman–Crippen MR) is 62.4 cm³/mol. The molecule has 0 aliphatic carbocycles. The minimum atomic E-state index is -0.101. The van der Waals surface area contributed by atoms with Crippen molar-refractivity contribution in [2.75, 3.05) is 13.2 Å². The van der Waals surface area contributed by atoms with Gasteiger partial charge in [-0.1, -0.05) is 19.4 Å². The van der Waals surface area contributed by atoms with E-state index in [0.717, 1.165) is 18.4 Å². The zero-order valence-corrected chi connectivity index (χ0v) is 9.82. The number of rotatable bonds is 6. The first-order chi connectivity index (χ1) is 7.72. The van der Waals surface area contributed by atoms with Crippen LogP contribution in [0, 0.1) is 6.92 Å². The van der Waals surface area contributed by atoms with Gasteiger partial charge in [0.2, 0.25) is 5.88 Å². The fourth-order valence-electron chi connectivity index (χ4n) is 1.13. The van der Waals surface area contributed by atoms with Gasteiger partial charge in [-0.2, -0.15) is 0 Å². The second-order valence-electron chi connectivity index (χ2n) is 3.67. The van der Waals surface area contributed by atoms with Crippen LogP contribution in [0.5, 0.6) is 5.88 Å². The van der Waals surface area contributed by atoms with Crippen LogP contribution in [0.25, 0.3) is 0 Å². The molecule has 0 spiro atoms. The van der Waals surface area contributed by atoms with Gasteiger partial charge in [0.25, 0.3) is 5.91 Å². The van der Waals surface area contributed by atoms with Crippen LogP contribution in [0.4, 0.5) is 0 Å². The van der Waals surface area contributed by atoms with Crippen molar-refractivity contribution in [1.82, 2.24) is 10.3 Å². The Labute approximate surface area is 96.0 Å². The smallest absolute Gasteiger partial charge is 0.258 e. The van der Waals surface area contributed by atoms with Crippen molar-refractivity contribution in [3.05, 3.63) is 23.9 Å². The summed E-state index contributed by atoms with van der Waals surface area (Å²) in [6.07, 6.45) is 3.78. The van der Waals surface area contributed by atoms with Gasteiger partial charge in [-0.25, -0.2) is 4.98 Å². The van der Waals surface area contributed by atoms with Crippen LogP contribution in [0.1, 0.15) is 25.3 Å². The molecule has 0 unspecified atom stereocenters. The number of unbranched alkanes of at least 4 members (excludes halogenated alkanes) is 1. The van der Waals surface area contributed by atoms with Crippen LogP contribution in [0.2, 0.25) is 0 Å². The van der Waals surface area contributed by atoms with Crippen LogP contribution in [-0.2, 0) is 4.79 Å². The van der Waals surface area contributed by atoms with Crippen molar-refractivity contribution in [2.45, 2.75) is 26.7 Å². The Morgan fingerprint density at radius 3 is 2.94 bits per heavy atom. The molecule has 0 atom stereocenters. The van der Waals surface area contributed by atoms with E-state index in [4.69, 9.17) is 4.74 Å². The number of aromatic nitrogens is 1. The first-order valence-corrected chi connectivity index (χ1v) is 5.54. The van der Waals surface area contributed by atoms with Crippen molar-refractivity contribution in [2.24, 2.45) is 0 Å². The highest BCUT2D eigenvalue weighted by Crippen LogP contribution is 2.05. The molecule has 4 nitrogen and oxygen atoms in total. The third kappa shape index (κ3) is 4.77.